The molecule has 2 N–H and O–H groups in total. The van der Waals surface area contributed by atoms with Crippen molar-refractivity contribution < 1.29 is 4.42 Å². The normalized spacial score (nSPS) is 12.4. The number of fused-ring (bicyclic) bond motifs is 1. The highest BCUT2D eigenvalue weighted by molar-refractivity contribution is 5.84. The number of para-hydroxylation sites is 1. The molecule has 1 aromatic carbocycles. The van der Waals surface area contributed by atoms with Gasteiger partial charge >= 0.3 is 0 Å². The van der Waals surface area contributed by atoms with E-state index in [2.05, 4.69) is 11.1 Å². The maximum atomic E-state index is 9.14. The molecule has 0 saturated carbocycles. The molecule has 3 rings (SSSR count). The average Bonchev–Trinajstić information content (AvgIpc) is 3.00. The van der Waals surface area contributed by atoms with Gasteiger partial charge in [0.25, 0.3) is 0 Å². The predicted octanol–water partition coefficient (Wildman–Crippen LogP) is 3.00. The second kappa shape index (κ2) is 4.42. The summed E-state index contributed by atoms with van der Waals surface area (Å²) in [5, 5.41) is 9.14. The van der Waals surface area contributed by atoms with Crippen molar-refractivity contribution in [3.05, 3.63) is 47.4 Å². The Hall–Kier alpha value is -2.74. The Labute approximate surface area is 116 Å². The Balaban J connectivity index is 2.21. The number of hydrogen-bond acceptors (Lipinski definition) is 4. The molecule has 2 aromatic heterocycles. The summed E-state index contributed by atoms with van der Waals surface area (Å²) < 4.78 is 7.54. The molecule has 5 nitrogen and oxygen atoms in total. The molecule has 0 radical (unpaired) electrons. The Kier molecular flexibility index (Phi) is 2.72. The zero-order valence-electron chi connectivity index (χ0n) is 11.3. The van der Waals surface area contributed by atoms with E-state index in [1.54, 1.807) is 6.07 Å². The Morgan fingerprint density at radius 3 is 2.80 bits per heavy atom. The first kappa shape index (κ1) is 12.3. The topological polar surface area (TPSA) is 80.8 Å². The fraction of sp³-hybridized carbons (Fsp3) is 0.200. The van der Waals surface area contributed by atoms with Crippen molar-refractivity contribution in [2.45, 2.75) is 19.9 Å². The minimum Gasteiger partial charge on any atom is -0.464 e. The molecular formula is C15H14N4O. The van der Waals surface area contributed by atoms with Gasteiger partial charge in [0.1, 0.15) is 23.1 Å². The minimum absolute atomic E-state index is 0.0809. The Bertz CT molecular complexity index is 822. The van der Waals surface area contributed by atoms with Crippen LogP contribution in [0.4, 0.5) is 5.95 Å². The van der Waals surface area contributed by atoms with Crippen LogP contribution >= 0.6 is 0 Å². The van der Waals surface area contributed by atoms with Gasteiger partial charge in [-0.1, -0.05) is 6.07 Å². The molecule has 3 aromatic rings. The number of aryl methyl sites for hydroxylation is 1. The number of anilines is 1. The Morgan fingerprint density at radius 1 is 1.35 bits per heavy atom. The third kappa shape index (κ3) is 1.74. The van der Waals surface area contributed by atoms with Crippen LogP contribution in [0, 0.1) is 18.3 Å². The van der Waals surface area contributed by atoms with Gasteiger partial charge in [-0.2, -0.15) is 5.26 Å². The largest absolute Gasteiger partial charge is 0.464 e. The number of nitrogens with zero attached hydrogens (tertiary/aromatic N) is 3. The third-order valence-electron chi connectivity index (χ3n) is 3.43. The number of nitrogens with two attached hydrogens (primary N) is 1. The second-order valence-corrected chi connectivity index (χ2v) is 4.75. The quantitative estimate of drug-likeness (QED) is 0.773. The van der Waals surface area contributed by atoms with Crippen LogP contribution in [0.2, 0.25) is 0 Å². The summed E-state index contributed by atoms with van der Waals surface area (Å²) in [7, 11) is 0. The van der Waals surface area contributed by atoms with Gasteiger partial charge in [-0.05, 0) is 38.1 Å². The minimum atomic E-state index is -0.0809. The van der Waals surface area contributed by atoms with Crippen molar-refractivity contribution in [1.29, 1.82) is 5.26 Å². The van der Waals surface area contributed by atoms with Crippen LogP contribution in [0.5, 0.6) is 0 Å². The molecule has 0 saturated heterocycles. The lowest BCUT2D eigenvalue weighted by molar-refractivity contribution is 0.435. The van der Waals surface area contributed by atoms with E-state index >= 15 is 0 Å². The average molecular weight is 266 g/mol. The summed E-state index contributed by atoms with van der Waals surface area (Å²) in [5.74, 6) is 2.05. The highest BCUT2D eigenvalue weighted by Crippen LogP contribution is 2.29. The van der Waals surface area contributed by atoms with E-state index in [-0.39, 0.29) is 6.04 Å². The standard InChI is InChI=1S/C15H14N4O/c1-9-6-7-13(20-9)10(2)19-12-5-3-4-11(8-16)14(12)18-15(19)17/h3-7,10H,1-2H3,(H2,17,18). The highest BCUT2D eigenvalue weighted by Gasteiger charge is 2.19. The molecule has 1 atom stereocenters. The first-order chi connectivity index (χ1) is 9.61. The molecule has 0 aliphatic carbocycles. The summed E-state index contributed by atoms with van der Waals surface area (Å²) in [6.45, 7) is 3.90. The number of aromatic nitrogens is 2. The molecule has 100 valence electrons. The van der Waals surface area contributed by atoms with Gasteiger partial charge in [-0.3, -0.25) is 4.57 Å². The number of hydrogen-bond donors (Lipinski definition) is 1. The number of nitriles is 1. The SMILES string of the molecule is Cc1ccc(C(C)n2c(N)nc3c(C#N)cccc32)o1. The van der Waals surface area contributed by atoms with Gasteiger partial charge in [0, 0.05) is 0 Å². The molecule has 5 heteroatoms. The summed E-state index contributed by atoms with van der Waals surface area (Å²) >= 11 is 0. The van der Waals surface area contributed by atoms with E-state index in [0.717, 1.165) is 17.0 Å². The van der Waals surface area contributed by atoms with Crippen molar-refractivity contribution in [2.24, 2.45) is 0 Å². The van der Waals surface area contributed by atoms with Gasteiger partial charge in [0.15, 0.2) is 0 Å². The molecule has 0 aliphatic heterocycles. The number of imidazole rings is 1. The third-order valence-corrected chi connectivity index (χ3v) is 3.43. The second-order valence-electron chi connectivity index (χ2n) is 4.75. The molecule has 0 amide bonds. The van der Waals surface area contributed by atoms with Gasteiger partial charge in [-0.15, -0.1) is 0 Å². The first-order valence-electron chi connectivity index (χ1n) is 6.34. The van der Waals surface area contributed by atoms with Crippen molar-refractivity contribution in [2.75, 3.05) is 5.73 Å². The molecule has 20 heavy (non-hydrogen) atoms. The number of rotatable bonds is 2. The lowest BCUT2D eigenvalue weighted by Crippen LogP contribution is -2.09. The van der Waals surface area contributed by atoms with E-state index in [1.165, 1.54) is 0 Å². The summed E-state index contributed by atoms with van der Waals surface area (Å²) in [6.07, 6.45) is 0. The maximum Gasteiger partial charge on any atom is 0.201 e. The first-order valence-corrected chi connectivity index (χ1v) is 6.34. The van der Waals surface area contributed by atoms with Gasteiger partial charge in [0.2, 0.25) is 5.95 Å². The molecule has 0 aliphatic rings. The van der Waals surface area contributed by atoms with Crippen molar-refractivity contribution >= 4 is 17.0 Å². The molecule has 2 heterocycles. The van der Waals surface area contributed by atoms with Crippen LogP contribution in [-0.4, -0.2) is 9.55 Å². The fourth-order valence-corrected chi connectivity index (χ4v) is 2.44. The van der Waals surface area contributed by atoms with E-state index < -0.39 is 0 Å². The molecule has 0 fully saturated rings. The predicted molar refractivity (Wildman–Crippen MR) is 76.1 cm³/mol. The fourth-order valence-electron chi connectivity index (χ4n) is 2.44. The van der Waals surface area contributed by atoms with Crippen molar-refractivity contribution in [1.82, 2.24) is 9.55 Å². The number of furan rings is 1. The Morgan fingerprint density at radius 2 is 2.15 bits per heavy atom. The maximum absolute atomic E-state index is 9.14. The van der Waals surface area contributed by atoms with Crippen LogP contribution in [0.3, 0.4) is 0 Å². The van der Waals surface area contributed by atoms with Crippen LogP contribution in [-0.2, 0) is 0 Å². The van der Waals surface area contributed by atoms with E-state index in [1.807, 2.05) is 42.7 Å². The summed E-state index contributed by atoms with van der Waals surface area (Å²) in [5.41, 5.74) is 8.01. The van der Waals surface area contributed by atoms with Gasteiger partial charge in [0.05, 0.1) is 17.1 Å². The van der Waals surface area contributed by atoms with E-state index in [0.29, 0.717) is 17.0 Å². The van der Waals surface area contributed by atoms with Crippen molar-refractivity contribution in [3.8, 4) is 6.07 Å². The molecular weight excluding hydrogens is 252 g/mol. The molecule has 0 bridgehead atoms. The van der Waals surface area contributed by atoms with Crippen LogP contribution < -0.4 is 5.73 Å². The lowest BCUT2D eigenvalue weighted by Gasteiger charge is -2.13. The molecule has 1 unspecified atom stereocenters. The van der Waals surface area contributed by atoms with Crippen LogP contribution in [0.1, 0.15) is 30.0 Å². The van der Waals surface area contributed by atoms with Gasteiger partial charge in [-0.25, -0.2) is 4.98 Å². The molecule has 0 spiro atoms. The monoisotopic (exact) mass is 266 g/mol. The number of benzene rings is 1. The van der Waals surface area contributed by atoms with E-state index in [9.17, 15) is 0 Å². The van der Waals surface area contributed by atoms with Gasteiger partial charge < -0.3 is 10.2 Å². The smallest absolute Gasteiger partial charge is 0.201 e. The number of nitrogen functional groups attached to an aromatic ring is 1. The van der Waals surface area contributed by atoms with Crippen molar-refractivity contribution in [3.63, 3.8) is 0 Å². The zero-order chi connectivity index (χ0) is 14.3. The zero-order valence-corrected chi connectivity index (χ0v) is 11.3. The lowest BCUT2D eigenvalue weighted by atomic mass is 10.2. The van der Waals surface area contributed by atoms with Crippen LogP contribution in [0.25, 0.3) is 11.0 Å². The van der Waals surface area contributed by atoms with E-state index in [4.69, 9.17) is 15.4 Å². The summed E-state index contributed by atoms with van der Waals surface area (Å²) in [4.78, 5) is 4.31. The highest BCUT2D eigenvalue weighted by atomic mass is 16.3. The van der Waals surface area contributed by atoms with Crippen LogP contribution in [0.15, 0.2) is 34.7 Å². The summed E-state index contributed by atoms with van der Waals surface area (Å²) in [6, 6.07) is 11.4.